The average Bonchev–Trinajstić information content (AvgIpc) is 2.59. The summed E-state index contributed by atoms with van der Waals surface area (Å²) < 4.78 is 37.7. The molecule has 1 aliphatic rings. The van der Waals surface area contributed by atoms with Crippen molar-refractivity contribution in [2.75, 3.05) is 19.6 Å². The number of rotatable bonds is 5. The van der Waals surface area contributed by atoms with Gasteiger partial charge in [0.1, 0.15) is 5.69 Å². The number of pyridine rings is 1. The number of nitrogens with two attached hydrogens (primary N) is 1. The largest absolute Gasteiger partial charge is 0.433 e. The number of carbonyl (C=O) groups excluding carboxylic acids is 2. The number of piperidine rings is 1. The molecule has 0 radical (unpaired) electrons. The summed E-state index contributed by atoms with van der Waals surface area (Å²) in [4.78, 5) is 29.1. The smallest absolute Gasteiger partial charge is 0.354 e. The Morgan fingerprint density at radius 1 is 1.26 bits per heavy atom. The van der Waals surface area contributed by atoms with Gasteiger partial charge in [-0.3, -0.25) is 14.6 Å². The molecule has 2 rings (SSSR count). The Kier molecular flexibility index (Phi) is 10.6. The van der Waals surface area contributed by atoms with E-state index in [4.69, 9.17) is 5.73 Å². The van der Waals surface area contributed by atoms with E-state index >= 15 is 0 Å². The van der Waals surface area contributed by atoms with Crippen LogP contribution in [0.25, 0.3) is 0 Å². The lowest BCUT2D eigenvalue weighted by Crippen LogP contribution is -2.49. The highest BCUT2D eigenvalue weighted by Crippen LogP contribution is 2.27. The Morgan fingerprint density at radius 2 is 1.96 bits per heavy atom. The molecule has 1 atom stereocenters. The van der Waals surface area contributed by atoms with E-state index < -0.39 is 11.9 Å². The summed E-state index contributed by atoms with van der Waals surface area (Å²) in [6, 6.07) is 1.75. The summed E-state index contributed by atoms with van der Waals surface area (Å²) in [6.07, 6.45) is -0.919. The maximum atomic E-state index is 12.6. The molecule has 27 heavy (non-hydrogen) atoms. The molecule has 3 N–H and O–H groups in total. The van der Waals surface area contributed by atoms with Crippen LogP contribution in [0.3, 0.4) is 0 Å². The number of halogens is 5. The third kappa shape index (κ3) is 7.15. The van der Waals surface area contributed by atoms with Gasteiger partial charge in [0.15, 0.2) is 0 Å². The van der Waals surface area contributed by atoms with E-state index in [0.717, 1.165) is 37.6 Å². The van der Waals surface area contributed by atoms with Crippen molar-refractivity contribution in [3.8, 4) is 0 Å². The molecule has 1 aromatic rings. The maximum absolute atomic E-state index is 12.6. The summed E-state index contributed by atoms with van der Waals surface area (Å²) in [5.41, 5.74) is 4.39. The molecular formula is C16H23Cl2F3N4O2. The number of alkyl halides is 3. The zero-order valence-electron chi connectivity index (χ0n) is 14.5. The van der Waals surface area contributed by atoms with Crippen LogP contribution in [0.4, 0.5) is 13.2 Å². The van der Waals surface area contributed by atoms with Gasteiger partial charge >= 0.3 is 6.18 Å². The Balaban J connectivity index is 0.00000338. The maximum Gasteiger partial charge on any atom is 0.433 e. The molecule has 0 aromatic carbocycles. The Bertz CT molecular complexity index is 615. The minimum atomic E-state index is -4.54. The molecule has 0 aliphatic carbocycles. The number of carbonyl (C=O) groups is 2. The molecule has 1 fully saturated rings. The van der Waals surface area contributed by atoms with E-state index in [1.807, 2.05) is 0 Å². The number of likely N-dealkylation sites (tertiary alicyclic amines) is 1. The zero-order valence-corrected chi connectivity index (χ0v) is 16.1. The van der Waals surface area contributed by atoms with Gasteiger partial charge in [0.2, 0.25) is 5.91 Å². The molecule has 1 aliphatic heterocycles. The molecule has 1 unspecified atom stereocenters. The number of nitrogens with one attached hydrogen (secondary N) is 1. The van der Waals surface area contributed by atoms with Crippen LogP contribution in [0.5, 0.6) is 0 Å². The van der Waals surface area contributed by atoms with Gasteiger partial charge in [-0.05, 0) is 31.4 Å². The summed E-state index contributed by atoms with van der Waals surface area (Å²) in [5.74, 6) is -0.560. The van der Waals surface area contributed by atoms with Gasteiger partial charge < -0.3 is 16.0 Å². The topological polar surface area (TPSA) is 88.3 Å². The van der Waals surface area contributed by atoms with E-state index in [1.54, 1.807) is 4.90 Å². The van der Waals surface area contributed by atoms with Gasteiger partial charge in [0.05, 0.1) is 5.56 Å². The van der Waals surface area contributed by atoms with E-state index in [1.165, 1.54) is 0 Å². The highest BCUT2D eigenvalue weighted by Gasteiger charge is 2.33. The van der Waals surface area contributed by atoms with Crippen LogP contribution in [0, 0.1) is 0 Å². The fourth-order valence-corrected chi connectivity index (χ4v) is 2.79. The predicted octanol–water partition coefficient (Wildman–Crippen LogP) is 2.40. The lowest BCUT2D eigenvalue weighted by molar-refractivity contribution is -0.141. The quantitative estimate of drug-likeness (QED) is 0.750. The van der Waals surface area contributed by atoms with Crippen LogP contribution in [-0.2, 0) is 11.0 Å². The van der Waals surface area contributed by atoms with Crippen LogP contribution < -0.4 is 11.1 Å². The summed E-state index contributed by atoms with van der Waals surface area (Å²) in [6.45, 7) is 1.05. The fraction of sp³-hybridized carbons (Fsp3) is 0.562. The highest BCUT2D eigenvalue weighted by atomic mass is 35.5. The molecule has 0 bridgehead atoms. The number of amides is 2. The Labute approximate surface area is 167 Å². The number of hydrogen-bond acceptors (Lipinski definition) is 4. The molecule has 2 amide bonds. The van der Waals surface area contributed by atoms with Crippen molar-refractivity contribution >= 4 is 36.6 Å². The van der Waals surface area contributed by atoms with Gasteiger partial charge in [-0.2, -0.15) is 13.2 Å². The minimum absolute atomic E-state index is 0. The van der Waals surface area contributed by atoms with Crippen LogP contribution >= 0.6 is 24.8 Å². The lowest BCUT2D eigenvalue weighted by atomic mass is 10.0. The van der Waals surface area contributed by atoms with Gasteiger partial charge in [0.25, 0.3) is 5.91 Å². The molecule has 1 aromatic heterocycles. The van der Waals surface area contributed by atoms with Crippen molar-refractivity contribution in [3.05, 3.63) is 29.6 Å². The van der Waals surface area contributed by atoms with Gasteiger partial charge in [-0.15, -0.1) is 24.8 Å². The van der Waals surface area contributed by atoms with Crippen molar-refractivity contribution < 1.29 is 22.8 Å². The molecule has 154 valence electrons. The molecule has 0 saturated carbocycles. The van der Waals surface area contributed by atoms with Crippen LogP contribution in [-0.4, -0.2) is 47.4 Å². The fourth-order valence-electron chi connectivity index (χ4n) is 2.79. The molecule has 11 heteroatoms. The Morgan fingerprint density at radius 3 is 2.52 bits per heavy atom. The first kappa shape index (κ1) is 25.4. The molecule has 0 spiro atoms. The summed E-state index contributed by atoms with van der Waals surface area (Å²) in [7, 11) is 0. The summed E-state index contributed by atoms with van der Waals surface area (Å²) >= 11 is 0. The third-order valence-electron chi connectivity index (χ3n) is 4.10. The highest BCUT2D eigenvalue weighted by molar-refractivity contribution is 5.94. The third-order valence-corrected chi connectivity index (χ3v) is 4.10. The average molecular weight is 431 g/mol. The van der Waals surface area contributed by atoms with Gasteiger partial charge in [0, 0.05) is 38.3 Å². The standard InChI is InChI=1S/C16H21F3N4O2.2ClH/c17-16(18,19)13-5-4-11(9-21-13)15(25)23-8-2-1-3-12(23)10-22-14(24)6-7-20;;/h4-5,9,12H,1-3,6-8,10,20H2,(H,22,24);2*1H. The lowest BCUT2D eigenvalue weighted by Gasteiger charge is -2.36. The van der Waals surface area contributed by atoms with E-state index in [9.17, 15) is 22.8 Å². The number of hydrogen-bond donors (Lipinski definition) is 2. The van der Waals surface area contributed by atoms with E-state index in [0.29, 0.717) is 13.1 Å². The first-order valence-electron chi connectivity index (χ1n) is 8.14. The zero-order chi connectivity index (χ0) is 18.4. The molecular weight excluding hydrogens is 408 g/mol. The van der Waals surface area contributed by atoms with E-state index in [2.05, 4.69) is 10.3 Å². The Hall–Kier alpha value is -1.58. The van der Waals surface area contributed by atoms with Crippen LogP contribution in [0.1, 0.15) is 41.7 Å². The molecule has 6 nitrogen and oxygen atoms in total. The second kappa shape index (κ2) is 11.3. The number of aromatic nitrogens is 1. The van der Waals surface area contributed by atoms with Crippen molar-refractivity contribution in [3.63, 3.8) is 0 Å². The molecule has 1 saturated heterocycles. The molecule has 2 heterocycles. The predicted molar refractivity (Wildman–Crippen MR) is 99.1 cm³/mol. The van der Waals surface area contributed by atoms with Crippen molar-refractivity contribution in [1.29, 1.82) is 0 Å². The van der Waals surface area contributed by atoms with E-state index in [-0.39, 0.29) is 61.2 Å². The normalized spacial score (nSPS) is 16.7. The monoisotopic (exact) mass is 430 g/mol. The van der Waals surface area contributed by atoms with Crippen molar-refractivity contribution in [2.24, 2.45) is 5.73 Å². The first-order valence-corrected chi connectivity index (χ1v) is 8.14. The van der Waals surface area contributed by atoms with Crippen molar-refractivity contribution in [1.82, 2.24) is 15.2 Å². The van der Waals surface area contributed by atoms with Crippen LogP contribution in [0.15, 0.2) is 18.3 Å². The van der Waals surface area contributed by atoms with Crippen molar-refractivity contribution in [2.45, 2.75) is 37.9 Å². The second-order valence-corrected chi connectivity index (χ2v) is 5.92. The van der Waals surface area contributed by atoms with Crippen LogP contribution in [0.2, 0.25) is 0 Å². The SMILES string of the molecule is Cl.Cl.NCCC(=O)NCC1CCCCN1C(=O)c1ccc(C(F)(F)F)nc1. The van der Waals surface area contributed by atoms with Gasteiger partial charge in [-0.25, -0.2) is 0 Å². The second-order valence-electron chi connectivity index (χ2n) is 5.92. The minimum Gasteiger partial charge on any atom is -0.354 e. The first-order chi connectivity index (χ1) is 11.8. The van der Waals surface area contributed by atoms with Gasteiger partial charge in [-0.1, -0.05) is 0 Å². The number of nitrogens with zero attached hydrogens (tertiary/aromatic N) is 2. The summed E-state index contributed by atoms with van der Waals surface area (Å²) in [5, 5.41) is 2.74.